The summed E-state index contributed by atoms with van der Waals surface area (Å²) in [4.78, 5) is 0. The van der Waals surface area contributed by atoms with Gasteiger partial charge in [-0.2, -0.15) is 0 Å². The fourth-order valence-corrected chi connectivity index (χ4v) is 5.88. The van der Waals surface area contributed by atoms with Gasteiger partial charge in [0.2, 0.25) is 0 Å². The molecule has 2 heterocycles. The molecule has 5 aromatic carbocycles. The summed E-state index contributed by atoms with van der Waals surface area (Å²) < 4.78 is 19.3. The zero-order valence-electron chi connectivity index (χ0n) is 20.8. The summed E-state index contributed by atoms with van der Waals surface area (Å²) in [6.45, 7) is 4.57. The van der Waals surface area contributed by atoms with Crippen molar-refractivity contribution in [2.45, 2.75) is 19.3 Å². The van der Waals surface area contributed by atoms with Gasteiger partial charge in [-0.15, -0.1) is 0 Å². The summed E-state index contributed by atoms with van der Waals surface area (Å²) in [6.07, 6.45) is 0. The molecule has 0 saturated carbocycles. The third-order valence-electron chi connectivity index (χ3n) is 7.49. The average Bonchev–Trinajstić information content (AvgIpc) is 2.92. The van der Waals surface area contributed by atoms with E-state index in [0.29, 0.717) is 0 Å². The van der Waals surface area contributed by atoms with Crippen LogP contribution in [-0.4, -0.2) is 6.71 Å². The molecule has 37 heavy (non-hydrogen) atoms. The first-order valence-electron chi connectivity index (χ1n) is 12.6. The minimum atomic E-state index is -0.276. The maximum Gasteiger partial charge on any atom is 0.252 e. The van der Waals surface area contributed by atoms with Gasteiger partial charge >= 0.3 is 0 Å². The van der Waals surface area contributed by atoms with E-state index in [1.54, 1.807) is 0 Å². The molecule has 5 aromatic rings. The highest BCUT2D eigenvalue weighted by Crippen LogP contribution is 2.44. The van der Waals surface area contributed by atoms with Crippen LogP contribution in [0, 0.1) is 0 Å². The first kappa shape index (κ1) is 21.8. The summed E-state index contributed by atoms with van der Waals surface area (Å²) in [7, 11) is 0. The lowest BCUT2D eigenvalue weighted by molar-refractivity contribution is 0.452. The van der Waals surface area contributed by atoms with Gasteiger partial charge < -0.3 is 14.2 Å². The van der Waals surface area contributed by atoms with Gasteiger partial charge in [0.05, 0.1) is 0 Å². The summed E-state index contributed by atoms with van der Waals surface area (Å²) >= 11 is 0. The van der Waals surface area contributed by atoms with Gasteiger partial charge in [0.15, 0.2) is 0 Å². The van der Waals surface area contributed by atoms with E-state index in [1.165, 1.54) is 16.5 Å². The van der Waals surface area contributed by atoms with Gasteiger partial charge in [0, 0.05) is 11.0 Å². The second-order valence-electron chi connectivity index (χ2n) is 10.1. The van der Waals surface area contributed by atoms with Crippen molar-refractivity contribution in [1.29, 1.82) is 0 Å². The molecular weight excluding hydrogens is 455 g/mol. The number of ether oxygens (including phenoxy) is 3. The molecule has 0 saturated heterocycles. The van der Waals surface area contributed by atoms with E-state index in [-0.39, 0.29) is 12.1 Å². The molecule has 0 bridgehead atoms. The zero-order valence-corrected chi connectivity index (χ0v) is 20.8. The van der Waals surface area contributed by atoms with Gasteiger partial charge in [0.1, 0.15) is 34.5 Å². The molecule has 178 valence electrons. The molecule has 0 aromatic heterocycles. The van der Waals surface area contributed by atoms with Crippen molar-refractivity contribution < 1.29 is 14.2 Å². The van der Waals surface area contributed by atoms with Crippen molar-refractivity contribution in [3.63, 3.8) is 0 Å². The predicted molar refractivity (Wildman–Crippen MR) is 149 cm³/mol. The molecule has 0 unspecified atom stereocenters. The molecular formula is C33H25BO3. The summed E-state index contributed by atoms with van der Waals surface area (Å²) in [5.41, 5.74) is 5.74. The second kappa shape index (κ2) is 8.31. The van der Waals surface area contributed by atoms with Crippen molar-refractivity contribution in [2.75, 3.05) is 0 Å². The van der Waals surface area contributed by atoms with Crippen molar-refractivity contribution in [1.82, 2.24) is 0 Å². The summed E-state index contributed by atoms with van der Waals surface area (Å²) in [5.74, 6) is 5.02. The van der Waals surface area contributed by atoms with Crippen LogP contribution >= 0.6 is 0 Å². The Morgan fingerprint density at radius 3 is 2.00 bits per heavy atom. The first-order chi connectivity index (χ1) is 18.1. The fraction of sp³-hybridized carbons (Fsp3) is 0.0909. The minimum Gasteiger partial charge on any atom is -0.458 e. The molecule has 0 spiro atoms. The smallest absolute Gasteiger partial charge is 0.252 e. The van der Waals surface area contributed by atoms with Gasteiger partial charge in [-0.05, 0) is 71.1 Å². The lowest BCUT2D eigenvalue weighted by Gasteiger charge is -2.42. The van der Waals surface area contributed by atoms with Crippen LogP contribution in [0.4, 0.5) is 0 Å². The monoisotopic (exact) mass is 480 g/mol. The zero-order chi connectivity index (χ0) is 25.0. The Balaban J connectivity index is 1.43. The number of fused-ring (bicyclic) bond motifs is 4. The highest BCUT2D eigenvalue weighted by Gasteiger charge is 2.46. The van der Waals surface area contributed by atoms with Crippen molar-refractivity contribution in [2.24, 2.45) is 0 Å². The molecule has 2 aliphatic rings. The Morgan fingerprint density at radius 2 is 1.24 bits per heavy atom. The number of para-hydroxylation sites is 2. The quantitative estimate of drug-likeness (QED) is 0.269. The van der Waals surface area contributed by atoms with Gasteiger partial charge in [0.25, 0.3) is 6.71 Å². The van der Waals surface area contributed by atoms with Gasteiger partial charge in [-0.25, -0.2) is 0 Å². The van der Waals surface area contributed by atoms with Crippen LogP contribution < -0.4 is 30.6 Å². The van der Waals surface area contributed by atoms with Crippen LogP contribution in [0.5, 0.6) is 34.5 Å². The Labute approximate surface area is 217 Å². The van der Waals surface area contributed by atoms with E-state index in [0.717, 1.165) is 45.5 Å². The van der Waals surface area contributed by atoms with E-state index in [1.807, 2.05) is 84.9 Å². The standard InChI is InChI=1S/C33H25BO3/c1-33(2)25-15-9-10-16-26(25)34-27-21-24(35-22-11-5-3-6-12-22)17-18-28(27)37-30-20-19-29(31(33)32(30)34)36-23-13-7-4-8-14-23/h3-21H,1-2H3. The lowest BCUT2D eigenvalue weighted by Crippen LogP contribution is -2.62. The van der Waals surface area contributed by atoms with Gasteiger partial charge in [-0.1, -0.05) is 80.0 Å². The molecule has 3 nitrogen and oxygen atoms in total. The van der Waals surface area contributed by atoms with E-state index in [4.69, 9.17) is 14.2 Å². The van der Waals surface area contributed by atoms with E-state index in [2.05, 4.69) is 44.2 Å². The molecule has 7 rings (SSSR count). The van der Waals surface area contributed by atoms with Crippen LogP contribution in [-0.2, 0) is 5.41 Å². The predicted octanol–water partition coefficient (Wildman–Crippen LogP) is 6.53. The highest BCUT2D eigenvalue weighted by molar-refractivity contribution is 6.98. The van der Waals surface area contributed by atoms with Gasteiger partial charge in [-0.3, -0.25) is 0 Å². The highest BCUT2D eigenvalue weighted by atomic mass is 16.5. The molecule has 4 heteroatoms. The maximum absolute atomic E-state index is 6.53. The van der Waals surface area contributed by atoms with E-state index < -0.39 is 0 Å². The van der Waals surface area contributed by atoms with Crippen molar-refractivity contribution in [3.8, 4) is 34.5 Å². The van der Waals surface area contributed by atoms with Crippen LogP contribution in [0.2, 0.25) is 0 Å². The number of hydrogen-bond acceptors (Lipinski definition) is 3. The Hall–Kier alpha value is -4.44. The molecule has 2 aliphatic heterocycles. The fourth-order valence-electron chi connectivity index (χ4n) is 5.88. The summed E-state index contributed by atoms with van der Waals surface area (Å²) in [6, 6.07) is 38.8. The Morgan fingerprint density at radius 1 is 0.595 bits per heavy atom. The van der Waals surface area contributed by atoms with Crippen LogP contribution in [0.1, 0.15) is 25.0 Å². The van der Waals surface area contributed by atoms with E-state index in [9.17, 15) is 0 Å². The third-order valence-corrected chi connectivity index (χ3v) is 7.49. The number of rotatable bonds is 4. The third kappa shape index (κ3) is 3.52. The topological polar surface area (TPSA) is 27.7 Å². The van der Waals surface area contributed by atoms with Crippen LogP contribution in [0.25, 0.3) is 0 Å². The van der Waals surface area contributed by atoms with Crippen LogP contribution in [0.3, 0.4) is 0 Å². The minimum absolute atomic E-state index is 0.0108. The molecule has 0 amide bonds. The normalized spacial score (nSPS) is 14.1. The lowest BCUT2D eigenvalue weighted by atomic mass is 9.30. The first-order valence-corrected chi connectivity index (χ1v) is 12.6. The van der Waals surface area contributed by atoms with Crippen molar-refractivity contribution >= 4 is 23.1 Å². The SMILES string of the molecule is CC1(C)c2ccccc2B2c3cc(Oc4ccccc4)ccc3Oc3ccc(Oc4ccccc4)c1c32. The molecule has 0 N–H and O–H groups in total. The number of hydrogen-bond donors (Lipinski definition) is 0. The Bertz CT molecular complexity index is 1630. The largest absolute Gasteiger partial charge is 0.458 e. The molecule has 0 atom stereocenters. The molecule has 0 fully saturated rings. The second-order valence-corrected chi connectivity index (χ2v) is 10.1. The van der Waals surface area contributed by atoms with Crippen molar-refractivity contribution in [3.05, 3.63) is 126 Å². The van der Waals surface area contributed by atoms with E-state index >= 15 is 0 Å². The maximum atomic E-state index is 6.53. The summed E-state index contributed by atoms with van der Waals surface area (Å²) in [5, 5.41) is 0. The average molecular weight is 480 g/mol. The van der Waals surface area contributed by atoms with Crippen LogP contribution in [0.15, 0.2) is 115 Å². The molecule has 0 aliphatic carbocycles. The molecule has 0 radical (unpaired) electrons. The number of benzene rings is 5. The Kier molecular flexibility index (Phi) is 4.90.